The van der Waals surface area contributed by atoms with Crippen molar-refractivity contribution in [3.05, 3.63) is 65.3 Å². The Morgan fingerprint density at radius 1 is 1.00 bits per heavy atom. The van der Waals surface area contributed by atoms with Crippen molar-refractivity contribution in [1.29, 1.82) is 0 Å². The molecular formula is C25H27ClN4O. The number of pyridine rings is 1. The van der Waals surface area contributed by atoms with Gasteiger partial charge in [0.25, 0.3) is 5.91 Å². The number of piperazine rings is 1. The van der Waals surface area contributed by atoms with Gasteiger partial charge in [-0.1, -0.05) is 30.5 Å². The van der Waals surface area contributed by atoms with Gasteiger partial charge in [0.2, 0.25) is 0 Å². The summed E-state index contributed by atoms with van der Waals surface area (Å²) in [4.78, 5) is 22.2. The Labute approximate surface area is 188 Å². The molecule has 3 aromatic rings. The number of carbonyl (C=O) groups is 1. The highest BCUT2D eigenvalue weighted by Gasteiger charge is 2.26. The van der Waals surface area contributed by atoms with Gasteiger partial charge in [0.1, 0.15) is 0 Å². The van der Waals surface area contributed by atoms with Crippen molar-refractivity contribution < 1.29 is 4.79 Å². The molecule has 0 unspecified atom stereocenters. The summed E-state index contributed by atoms with van der Waals surface area (Å²) in [5, 5.41) is 4.30. The third-order valence-corrected chi connectivity index (χ3v) is 6.89. The minimum atomic E-state index is -0.226. The quantitative estimate of drug-likeness (QED) is 0.612. The molecule has 2 aliphatic rings. The molecule has 0 spiro atoms. The number of amides is 1. The largest absolute Gasteiger partial charge is 0.369 e. The van der Waals surface area contributed by atoms with Crippen LogP contribution < -0.4 is 10.2 Å². The van der Waals surface area contributed by atoms with Crippen LogP contribution in [0.2, 0.25) is 5.02 Å². The Kier molecular flexibility index (Phi) is 5.79. The lowest BCUT2D eigenvalue weighted by Crippen LogP contribution is -2.49. The van der Waals surface area contributed by atoms with E-state index in [9.17, 15) is 4.79 Å². The summed E-state index contributed by atoms with van der Waals surface area (Å²) in [6.45, 7) is 4.39. The van der Waals surface area contributed by atoms with E-state index >= 15 is 0 Å². The summed E-state index contributed by atoms with van der Waals surface area (Å²) < 4.78 is 0. The number of benzene rings is 2. The Balaban J connectivity index is 1.22. The molecule has 1 amide bonds. The first-order valence-electron chi connectivity index (χ1n) is 11.1. The van der Waals surface area contributed by atoms with Crippen molar-refractivity contribution in [2.45, 2.75) is 31.7 Å². The summed E-state index contributed by atoms with van der Waals surface area (Å²) in [5.41, 5.74) is 3.15. The van der Waals surface area contributed by atoms with E-state index in [1.165, 1.54) is 31.4 Å². The van der Waals surface area contributed by atoms with Gasteiger partial charge in [-0.05, 0) is 55.3 Å². The third kappa shape index (κ3) is 4.39. The average molecular weight is 435 g/mol. The molecule has 6 heteroatoms. The Hall–Kier alpha value is -2.63. The van der Waals surface area contributed by atoms with Gasteiger partial charge in [0, 0.05) is 55.2 Å². The van der Waals surface area contributed by atoms with Crippen molar-refractivity contribution in [2.75, 3.05) is 36.4 Å². The maximum absolute atomic E-state index is 12.8. The van der Waals surface area contributed by atoms with Crippen LogP contribution in [0.4, 0.5) is 11.4 Å². The van der Waals surface area contributed by atoms with Crippen LogP contribution in [-0.4, -0.2) is 48.0 Å². The van der Waals surface area contributed by atoms with Crippen LogP contribution in [0.25, 0.3) is 10.9 Å². The van der Waals surface area contributed by atoms with Crippen LogP contribution in [-0.2, 0) is 0 Å². The number of nitrogens with zero attached hydrogens (tertiary/aromatic N) is 3. The maximum atomic E-state index is 12.8. The Morgan fingerprint density at radius 3 is 2.48 bits per heavy atom. The highest BCUT2D eigenvalue weighted by atomic mass is 35.5. The highest BCUT2D eigenvalue weighted by Crippen LogP contribution is 2.27. The number of nitrogens with one attached hydrogen (secondary N) is 1. The minimum absolute atomic E-state index is 0.226. The summed E-state index contributed by atoms with van der Waals surface area (Å²) in [7, 11) is 0. The van der Waals surface area contributed by atoms with E-state index in [2.05, 4.69) is 32.2 Å². The lowest BCUT2D eigenvalue weighted by atomic mass is 10.1. The second kappa shape index (κ2) is 8.85. The second-order valence-electron chi connectivity index (χ2n) is 8.49. The van der Waals surface area contributed by atoms with Crippen LogP contribution in [0, 0.1) is 0 Å². The zero-order valence-electron chi connectivity index (χ0n) is 17.6. The standard InChI is InChI=1S/C25H27ClN4O/c26-23-16-18-4-3-11-27-24(18)17-22(23)25(31)28-19-7-9-21(10-8-19)30-14-12-29(13-15-30)20-5-1-2-6-20/h3-4,7-11,16-17,20H,1-2,5-6,12-15H2,(H,28,31). The molecule has 5 rings (SSSR count). The first kappa shape index (κ1) is 20.3. The summed E-state index contributed by atoms with van der Waals surface area (Å²) in [6.07, 6.45) is 7.22. The minimum Gasteiger partial charge on any atom is -0.369 e. The van der Waals surface area contributed by atoms with Crippen LogP contribution >= 0.6 is 11.6 Å². The van der Waals surface area contributed by atoms with Crippen molar-refractivity contribution in [3.8, 4) is 0 Å². The van der Waals surface area contributed by atoms with Crippen molar-refractivity contribution in [1.82, 2.24) is 9.88 Å². The molecule has 1 saturated heterocycles. The van der Waals surface area contributed by atoms with Crippen molar-refractivity contribution in [3.63, 3.8) is 0 Å². The van der Waals surface area contributed by atoms with E-state index in [4.69, 9.17) is 11.6 Å². The summed E-state index contributed by atoms with van der Waals surface area (Å²) in [6, 6.07) is 16.2. The van der Waals surface area contributed by atoms with E-state index < -0.39 is 0 Å². The molecule has 1 aliphatic carbocycles. The number of rotatable bonds is 4. The van der Waals surface area contributed by atoms with Crippen LogP contribution in [0.15, 0.2) is 54.7 Å². The van der Waals surface area contributed by atoms with Crippen molar-refractivity contribution >= 4 is 39.8 Å². The lowest BCUT2D eigenvalue weighted by Gasteiger charge is -2.39. The summed E-state index contributed by atoms with van der Waals surface area (Å²) >= 11 is 6.35. The predicted octanol–water partition coefficient (Wildman–Crippen LogP) is 5.21. The average Bonchev–Trinajstić information content (AvgIpc) is 3.34. The molecule has 1 N–H and O–H groups in total. The van der Waals surface area contributed by atoms with Gasteiger partial charge in [-0.15, -0.1) is 0 Å². The molecule has 0 atom stereocenters. The normalized spacial score (nSPS) is 17.9. The number of hydrogen-bond donors (Lipinski definition) is 1. The smallest absolute Gasteiger partial charge is 0.257 e. The third-order valence-electron chi connectivity index (χ3n) is 6.58. The van der Waals surface area contributed by atoms with Gasteiger partial charge < -0.3 is 10.2 Å². The number of anilines is 2. The molecule has 2 fully saturated rings. The number of aromatic nitrogens is 1. The van der Waals surface area contributed by atoms with Crippen LogP contribution in [0.1, 0.15) is 36.0 Å². The van der Waals surface area contributed by atoms with Crippen LogP contribution in [0.5, 0.6) is 0 Å². The van der Waals surface area contributed by atoms with Crippen molar-refractivity contribution in [2.24, 2.45) is 0 Å². The number of carbonyl (C=O) groups excluding carboxylic acids is 1. The van der Waals surface area contributed by atoms with Gasteiger partial charge in [-0.2, -0.15) is 0 Å². The molecule has 2 heterocycles. The zero-order valence-corrected chi connectivity index (χ0v) is 18.3. The van der Waals surface area contributed by atoms with E-state index in [1.54, 1.807) is 18.3 Å². The van der Waals surface area contributed by atoms with E-state index in [-0.39, 0.29) is 5.91 Å². The molecule has 160 valence electrons. The van der Waals surface area contributed by atoms with Gasteiger partial charge in [-0.3, -0.25) is 14.7 Å². The Morgan fingerprint density at radius 2 is 1.74 bits per heavy atom. The molecule has 2 aromatic carbocycles. The Bertz CT molecular complexity index is 1070. The number of halogens is 1. The van der Waals surface area contributed by atoms with E-state index in [0.29, 0.717) is 10.6 Å². The number of fused-ring (bicyclic) bond motifs is 1. The fourth-order valence-corrected chi connectivity index (χ4v) is 5.09. The predicted molar refractivity (Wildman–Crippen MR) is 127 cm³/mol. The van der Waals surface area contributed by atoms with E-state index in [1.807, 2.05) is 24.3 Å². The molecule has 0 radical (unpaired) electrons. The number of hydrogen-bond acceptors (Lipinski definition) is 4. The monoisotopic (exact) mass is 434 g/mol. The van der Waals surface area contributed by atoms with E-state index in [0.717, 1.165) is 48.8 Å². The molecular weight excluding hydrogens is 408 g/mol. The molecule has 0 bridgehead atoms. The first-order chi connectivity index (χ1) is 15.2. The van der Waals surface area contributed by atoms with Crippen LogP contribution in [0.3, 0.4) is 0 Å². The fraction of sp³-hybridized carbons (Fsp3) is 0.360. The first-order valence-corrected chi connectivity index (χ1v) is 11.5. The van der Waals surface area contributed by atoms with Gasteiger partial charge >= 0.3 is 0 Å². The topological polar surface area (TPSA) is 48.5 Å². The zero-order chi connectivity index (χ0) is 21.2. The molecule has 5 nitrogen and oxygen atoms in total. The SMILES string of the molecule is O=C(Nc1ccc(N2CCN(C3CCCC3)CC2)cc1)c1cc2ncccc2cc1Cl. The maximum Gasteiger partial charge on any atom is 0.257 e. The van der Waals surface area contributed by atoms with Gasteiger partial charge in [0.05, 0.1) is 16.1 Å². The fourth-order valence-electron chi connectivity index (χ4n) is 4.84. The highest BCUT2D eigenvalue weighted by molar-refractivity contribution is 6.35. The molecule has 31 heavy (non-hydrogen) atoms. The molecule has 1 saturated carbocycles. The molecule has 1 aliphatic heterocycles. The second-order valence-corrected chi connectivity index (χ2v) is 8.90. The van der Waals surface area contributed by atoms with Gasteiger partial charge in [0.15, 0.2) is 0 Å². The lowest BCUT2D eigenvalue weighted by molar-refractivity contribution is 0.102. The van der Waals surface area contributed by atoms with Gasteiger partial charge in [-0.25, -0.2) is 0 Å². The molecule has 1 aromatic heterocycles. The summed E-state index contributed by atoms with van der Waals surface area (Å²) in [5.74, 6) is -0.226.